The van der Waals surface area contributed by atoms with Crippen LogP contribution < -0.4 is 5.32 Å². The van der Waals surface area contributed by atoms with Crippen LogP contribution in [0.1, 0.15) is 23.0 Å². The lowest BCUT2D eigenvalue weighted by molar-refractivity contribution is -0.385. The summed E-state index contributed by atoms with van der Waals surface area (Å²) in [5.41, 5.74) is 1.39. The third kappa shape index (κ3) is 4.71. The highest BCUT2D eigenvalue weighted by molar-refractivity contribution is 7.99. The molecule has 2 aromatic carbocycles. The molecule has 144 valence electrons. The fourth-order valence-electron chi connectivity index (χ4n) is 2.47. The van der Waals surface area contributed by atoms with Gasteiger partial charge >= 0.3 is 0 Å². The highest BCUT2D eigenvalue weighted by atomic mass is 35.5. The number of nitrogens with one attached hydrogen (secondary N) is 1. The number of hydrogen-bond donors (Lipinski definition) is 1. The molecule has 0 saturated heterocycles. The van der Waals surface area contributed by atoms with Crippen molar-refractivity contribution in [2.24, 2.45) is 0 Å². The van der Waals surface area contributed by atoms with E-state index in [0.29, 0.717) is 17.1 Å². The minimum absolute atomic E-state index is 0.0720. The Kier molecular flexibility index (Phi) is 6.01. The molecule has 0 aliphatic rings. The Balaban J connectivity index is 1.88. The van der Waals surface area contributed by atoms with Gasteiger partial charge in [0.1, 0.15) is 0 Å². The maximum absolute atomic E-state index is 12.5. The lowest BCUT2D eigenvalue weighted by Crippen LogP contribution is -2.14. The van der Waals surface area contributed by atoms with Gasteiger partial charge in [0.25, 0.3) is 11.6 Å². The largest absolute Gasteiger partial charge is 0.320 e. The second-order valence-corrected chi connectivity index (χ2v) is 7.58. The van der Waals surface area contributed by atoms with Crippen molar-refractivity contribution in [1.29, 1.82) is 0 Å². The van der Waals surface area contributed by atoms with Gasteiger partial charge in [-0.3, -0.25) is 19.6 Å². The van der Waals surface area contributed by atoms with Crippen LogP contribution in [0.4, 0.5) is 11.4 Å². The summed E-state index contributed by atoms with van der Waals surface area (Å²) in [7, 11) is 0. The van der Waals surface area contributed by atoms with Crippen LogP contribution in [0.2, 0.25) is 5.02 Å². The van der Waals surface area contributed by atoms with Gasteiger partial charge in [-0.05, 0) is 32.0 Å². The van der Waals surface area contributed by atoms with Gasteiger partial charge in [-0.25, -0.2) is 0 Å². The number of nitro groups is 1. The predicted octanol–water partition coefficient (Wildman–Crippen LogP) is 5.18. The number of nitro benzene ring substituents is 1. The van der Waals surface area contributed by atoms with Crippen molar-refractivity contribution in [3.8, 4) is 0 Å². The molecular formula is C19H17ClN4O3S. The molecule has 1 heterocycles. The molecule has 0 spiro atoms. The summed E-state index contributed by atoms with van der Waals surface area (Å²) in [6.07, 6.45) is 1.56. The van der Waals surface area contributed by atoms with Crippen molar-refractivity contribution in [3.05, 3.63) is 75.1 Å². The number of aromatic nitrogens is 2. The molecule has 7 nitrogen and oxygen atoms in total. The molecule has 1 amide bonds. The fraction of sp³-hybridized carbons (Fsp3) is 0.158. The summed E-state index contributed by atoms with van der Waals surface area (Å²) >= 11 is 7.44. The number of hydrogen-bond acceptors (Lipinski definition) is 5. The minimum Gasteiger partial charge on any atom is -0.320 e. The maximum atomic E-state index is 12.5. The number of nitrogens with zero attached hydrogens (tertiary/aromatic N) is 3. The number of aryl methyl sites for hydroxylation is 2. The van der Waals surface area contributed by atoms with E-state index in [2.05, 4.69) is 10.4 Å². The number of anilines is 1. The third-order valence-corrected chi connectivity index (χ3v) is 5.13. The van der Waals surface area contributed by atoms with E-state index in [1.165, 1.54) is 23.9 Å². The van der Waals surface area contributed by atoms with Crippen LogP contribution in [0.5, 0.6) is 0 Å². The standard InChI is InChI=1S/C19H17ClN4O3S/c1-3-23-11-17(20)18(22-23)19(25)21-13-8-14(24(26)27)10-16(9-13)28-15-6-4-12(2)5-7-15/h4-11H,3H2,1-2H3,(H,21,25). The van der Waals surface area contributed by atoms with Crippen molar-refractivity contribution in [2.75, 3.05) is 5.32 Å². The van der Waals surface area contributed by atoms with Gasteiger partial charge in [0.05, 0.1) is 9.95 Å². The lowest BCUT2D eigenvalue weighted by Gasteiger charge is -2.08. The van der Waals surface area contributed by atoms with E-state index in [9.17, 15) is 14.9 Å². The van der Waals surface area contributed by atoms with E-state index >= 15 is 0 Å². The molecule has 0 radical (unpaired) electrons. The summed E-state index contributed by atoms with van der Waals surface area (Å²) in [5, 5.41) is 18.3. The molecule has 3 aromatic rings. The normalized spacial score (nSPS) is 10.7. The Morgan fingerprint density at radius 3 is 2.57 bits per heavy atom. The zero-order chi connectivity index (χ0) is 20.3. The molecule has 1 N–H and O–H groups in total. The predicted molar refractivity (Wildman–Crippen MR) is 109 cm³/mol. The molecule has 9 heteroatoms. The molecule has 3 rings (SSSR count). The van der Waals surface area contributed by atoms with E-state index in [1.54, 1.807) is 16.9 Å². The average Bonchev–Trinajstić information content (AvgIpc) is 3.04. The second kappa shape index (κ2) is 8.45. The molecule has 0 aliphatic heterocycles. The molecule has 0 atom stereocenters. The number of halogens is 1. The Morgan fingerprint density at radius 1 is 1.25 bits per heavy atom. The first-order valence-corrected chi connectivity index (χ1v) is 9.63. The van der Waals surface area contributed by atoms with Crippen molar-refractivity contribution in [3.63, 3.8) is 0 Å². The summed E-state index contributed by atoms with van der Waals surface area (Å²) in [4.78, 5) is 24.9. The van der Waals surface area contributed by atoms with Crippen LogP contribution in [0.15, 0.2) is 58.5 Å². The Hall–Kier alpha value is -2.84. The van der Waals surface area contributed by atoms with Crippen molar-refractivity contribution >= 4 is 40.6 Å². The summed E-state index contributed by atoms with van der Waals surface area (Å²) < 4.78 is 1.55. The Bertz CT molecular complexity index is 1030. The summed E-state index contributed by atoms with van der Waals surface area (Å²) in [6, 6.07) is 12.3. The highest BCUT2D eigenvalue weighted by Gasteiger charge is 2.18. The number of amides is 1. The van der Waals surface area contributed by atoms with Gasteiger partial charge in [0.15, 0.2) is 5.69 Å². The molecule has 28 heavy (non-hydrogen) atoms. The lowest BCUT2D eigenvalue weighted by atomic mass is 10.2. The van der Waals surface area contributed by atoms with Crippen LogP contribution in [-0.4, -0.2) is 20.6 Å². The van der Waals surface area contributed by atoms with Crippen LogP contribution in [0, 0.1) is 17.0 Å². The minimum atomic E-state index is -0.524. The monoisotopic (exact) mass is 416 g/mol. The van der Waals surface area contributed by atoms with Crippen molar-refractivity contribution in [2.45, 2.75) is 30.2 Å². The SMILES string of the molecule is CCn1cc(Cl)c(C(=O)Nc2cc(Sc3ccc(C)cc3)cc([N+](=O)[O-])c2)n1. The molecule has 0 aliphatic carbocycles. The zero-order valence-electron chi connectivity index (χ0n) is 15.2. The number of carbonyl (C=O) groups is 1. The maximum Gasteiger partial charge on any atom is 0.277 e. The van der Waals surface area contributed by atoms with E-state index in [-0.39, 0.29) is 16.4 Å². The first kappa shape index (κ1) is 19.9. The van der Waals surface area contributed by atoms with E-state index in [4.69, 9.17) is 11.6 Å². The van der Waals surface area contributed by atoms with Gasteiger partial charge in [-0.1, -0.05) is 41.1 Å². The van der Waals surface area contributed by atoms with Crippen molar-refractivity contribution in [1.82, 2.24) is 9.78 Å². The van der Waals surface area contributed by atoms with E-state index in [0.717, 1.165) is 10.5 Å². The molecular weight excluding hydrogens is 400 g/mol. The smallest absolute Gasteiger partial charge is 0.277 e. The zero-order valence-corrected chi connectivity index (χ0v) is 16.8. The number of carbonyl (C=O) groups excluding carboxylic acids is 1. The number of benzene rings is 2. The van der Waals surface area contributed by atoms with Gasteiger partial charge in [0, 0.05) is 40.4 Å². The first-order valence-electron chi connectivity index (χ1n) is 8.44. The van der Waals surface area contributed by atoms with Crippen molar-refractivity contribution < 1.29 is 9.72 Å². The fourth-order valence-corrected chi connectivity index (χ4v) is 3.61. The molecule has 0 saturated carbocycles. The van der Waals surface area contributed by atoms with Gasteiger partial charge in [-0.2, -0.15) is 5.10 Å². The summed E-state index contributed by atoms with van der Waals surface area (Å²) in [5.74, 6) is -0.524. The topological polar surface area (TPSA) is 90.1 Å². The number of non-ortho nitro benzene ring substituents is 1. The second-order valence-electron chi connectivity index (χ2n) is 6.02. The molecule has 0 bridgehead atoms. The highest BCUT2D eigenvalue weighted by Crippen LogP contribution is 2.33. The van der Waals surface area contributed by atoms with Gasteiger partial charge in [-0.15, -0.1) is 0 Å². The molecule has 1 aromatic heterocycles. The molecule has 0 unspecified atom stereocenters. The summed E-state index contributed by atoms with van der Waals surface area (Å²) in [6.45, 7) is 4.43. The first-order chi connectivity index (χ1) is 13.4. The third-order valence-electron chi connectivity index (χ3n) is 3.87. The van der Waals surface area contributed by atoms with Gasteiger partial charge in [0.2, 0.25) is 0 Å². The van der Waals surface area contributed by atoms with Gasteiger partial charge < -0.3 is 5.32 Å². The van der Waals surface area contributed by atoms with Crippen LogP contribution in [0.25, 0.3) is 0 Å². The van der Waals surface area contributed by atoms with E-state index in [1.807, 2.05) is 38.1 Å². The quantitative estimate of drug-likeness (QED) is 0.441. The number of rotatable bonds is 6. The Labute approximate surface area is 170 Å². The molecule has 0 fully saturated rings. The van der Waals surface area contributed by atoms with E-state index < -0.39 is 10.8 Å². The average molecular weight is 417 g/mol. The van der Waals surface area contributed by atoms with Crippen LogP contribution >= 0.6 is 23.4 Å². The van der Waals surface area contributed by atoms with Crippen LogP contribution in [-0.2, 0) is 6.54 Å². The van der Waals surface area contributed by atoms with Crippen LogP contribution in [0.3, 0.4) is 0 Å². The Morgan fingerprint density at radius 2 is 1.96 bits per heavy atom.